The van der Waals surface area contributed by atoms with Gasteiger partial charge in [0.2, 0.25) is 0 Å². The number of rotatable bonds is 5. The second kappa shape index (κ2) is 6.40. The van der Waals surface area contributed by atoms with Crippen LogP contribution in [-0.4, -0.2) is 35.8 Å². The van der Waals surface area contributed by atoms with E-state index in [1.54, 1.807) is 4.90 Å². The highest BCUT2D eigenvalue weighted by molar-refractivity contribution is 5.68. The normalized spacial score (nSPS) is 15.3. The van der Waals surface area contributed by atoms with Crippen molar-refractivity contribution >= 4 is 6.09 Å². The highest BCUT2D eigenvalue weighted by atomic mass is 16.6. The van der Waals surface area contributed by atoms with Gasteiger partial charge < -0.3 is 14.7 Å². The van der Waals surface area contributed by atoms with Crippen LogP contribution < -0.4 is 0 Å². The molecular formula is C14H19NO3. The quantitative estimate of drug-likeness (QED) is 0.868. The van der Waals surface area contributed by atoms with Crippen molar-refractivity contribution in [3.63, 3.8) is 0 Å². The van der Waals surface area contributed by atoms with Gasteiger partial charge in [-0.2, -0.15) is 0 Å². The zero-order chi connectivity index (χ0) is 12.8. The largest absolute Gasteiger partial charge is 0.445 e. The van der Waals surface area contributed by atoms with E-state index >= 15 is 0 Å². The molecule has 2 rings (SSSR count). The van der Waals surface area contributed by atoms with E-state index in [1.807, 2.05) is 30.3 Å². The second-order valence-corrected chi connectivity index (χ2v) is 4.68. The SMILES string of the molecule is O=C(OCc1ccccc1)N1CC(CCCO)C1. The molecule has 0 spiro atoms. The van der Waals surface area contributed by atoms with Crippen LogP contribution in [0.25, 0.3) is 0 Å². The smallest absolute Gasteiger partial charge is 0.410 e. The van der Waals surface area contributed by atoms with Gasteiger partial charge in [-0.15, -0.1) is 0 Å². The third kappa shape index (κ3) is 3.47. The maximum Gasteiger partial charge on any atom is 0.410 e. The van der Waals surface area contributed by atoms with Crippen molar-refractivity contribution in [3.05, 3.63) is 35.9 Å². The minimum absolute atomic E-state index is 0.231. The molecule has 0 aliphatic carbocycles. The molecule has 4 nitrogen and oxygen atoms in total. The van der Waals surface area contributed by atoms with E-state index in [9.17, 15) is 4.79 Å². The standard InChI is InChI=1S/C14H19NO3/c16-8-4-7-13-9-15(10-13)14(17)18-11-12-5-2-1-3-6-12/h1-3,5-6,13,16H,4,7-11H2. The van der Waals surface area contributed by atoms with Crippen LogP contribution in [0.1, 0.15) is 18.4 Å². The van der Waals surface area contributed by atoms with Gasteiger partial charge in [0.05, 0.1) is 0 Å². The summed E-state index contributed by atoms with van der Waals surface area (Å²) in [4.78, 5) is 13.4. The van der Waals surface area contributed by atoms with Gasteiger partial charge in [-0.25, -0.2) is 4.79 Å². The van der Waals surface area contributed by atoms with E-state index in [-0.39, 0.29) is 12.7 Å². The Bertz CT molecular complexity index is 374. The van der Waals surface area contributed by atoms with Crippen molar-refractivity contribution in [3.8, 4) is 0 Å². The molecule has 0 bridgehead atoms. The summed E-state index contributed by atoms with van der Waals surface area (Å²) in [6.45, 7) is 2.08. The lowest BCUT2D eigenvalue weighted by atomic mass is 9.95. The fourth-order valence-corrected chi connectivity index (χ4v) is 2.09. The highest BCUT2D eigenvalue weighted by Gasteiger charge is 2.30. The Kier molecular flexibility index (Phi) is 4.59. The van der Waals surface area contributed by atoms with Crippen molar-refractivity contribution in [1.82, 2.24) is 4.90 Å². The van der Waals surface area contributed by atoms with E-state index in [0.717, 1.165) is 31.5 Å². The van der Waals surface area contributed by atoms with E-state index in [0.29, 0.717) is 12.5 Å². The first-order valence-corrected chi connectivity index (χ1v) is 6.36. The average molecular weight is 249 g/mol. The van der Waals surface area contributed by atoms with Crippen molar-refractivity contribution in [2.24, 2.45) is 5.92 Å². The second-order valence-electron chi connectivity index (χ2n) is 4.68. The molecule has 0 saturated carbocycles. The van der Waals surface area contributed by atoms with E-state index in [1.165, 1.54) is 0 Å². The molecule has 4 heteroatoms. The monoisotopic (exact) mass is 249 g/mol. The third-order valence-electron chi connectivity index (χ3n) is 3.19. The number of likely N-dealkylation sites (tertiary alicyclic amines) is 1. The number of carbonyl (C=O) groups excluding carboxylic acids is 1. The van der Waals surface area contributed by atoms with Gasteiger partial charge in [0.25, 0.3) is 0 Å². The summed E-state index contributed by atoms with van der Waals surface area (Å²) in [5.74, 6) is 0.529. The summed E-state index contributed by atoms with van der Waals surface area (Å²) in [7, 11) is 0. The number of aliphatic hydroxyl groups excluding tert-OH is 1. The number of hydrogen-bond acceptors (Lipinski definition) is 3. The van der Waals surface area contributed by atoms with Gasteiger partial charge in [-0.3, -0.25) is 0 Å². The lowest BCUT2D eigenvalue weighted by Crippen LogP contribution is -2.50. The minimum atomic E-state index is -0.237. The number of amides is 1. The molecule has 1 fully saturated rings. The van der Waals surface area contributed by atoms with Crippen LogP contribution in [0.2, 0.25) is 0 Å². The number of benzene rings is 1. The molecule has 18 heavy (non-hydrogen) atoms. The fourth-order valence-electron chi connectivity index (χ4n) is 2.09. The van der Waals surface area contributed by atoms with E-state index in [4.69, 9.17) is 9.84 Å². The third-order valence-corrected chi connectivity index (χ3v) is 3.19. The van der Waals surface area contributed by atoms with Gasteiger partial charge in [0.15, 0.2) is 0 Å². The van der Waals surface area contributed by atoms with Crippen LogP contribution in [0.5, 0.6) is 0 Å². The maximum atomic E-state index is 11.7. The number of ether oxygens (including phenoxy) is 1. The van der Waals surface area contributed by atoms with Gasteiger partial charge in [0, 0.05) is 19.7 Å². The zero-order valence-electron chi connectivity index (χ0n) is 10.4. The molecule has 1 heterocycles. The average Bonchev–Trinajstić information content (AvgIpc) is 2.36. The summed E-state index contributed by atoms with van der Waals surface area (Å²) < 4.78 is 5.22. The van der Waals surface area contributed by atoms with E-state index < -0.39 is 0 Å². The molecule has 1 saturated heterocycles. The van der Waals surface area contributed by atoms with Crippen LogP contribution in [0.15, 0.2) is 30.3 Å². The Balaban J connectivity index is 1.65. The molecular weight excluding hydrogens is 230 g/mol. The zero-order valence-corrected chi connectivity index (χ0v) is 10.4. The van der Waals surface area contributed by atoms with Crippen LogP contribution in [0.4, 0.5) is 4.79 Å². The summed E-state index contributed by atoms with van der Waals surface area (Å²) in [6.07, 6.45) is 1.57. The van der Waals surface area contributed by atoms with Gasteiger partial charge in [-0.1, -0.05) is 30.3 Å². The molecule has 1 aromatic rings. The van der Waals surface area contributed by atoms with Gasteiger partial charge in [-0.05, 0) is 24.3 Å². The topological polar surface area (TPSA) is 49.8 Å². The molecule has 1 aliphatic rings. The first-order chi connectivity index (χ1) is 8.79. The Morgan fingerprint density at radius 2 is 2.06 bits per heavy atom. The molecule has 0 unspecified atom stereocenters. The molecule has 0 aromatic heterocycles. The lowest BCUT2D eigenvalue weighted by Gasteiger charge is -2.38. The summed E-state index contributed by atoms with van der Waals surface area (Å²) in [6, 6.07) is 9.67. The first-order valence-electron chi connectivity index (χ1n) is 6.36. The van der Waals surface area contributed by atoms with E-state index in [2.05, 4.69) is 0 Å². The highest BCUT2D eigenvalue weighted by Crippen LogP contribution is 2.21. The molecule has 1 aliphatic heterocycles. The van der Waals surface area contributed by atoms with Crippen molar-refractivity contribution in [2.75, 3.05) is 19.7 Å². The fraction of sp³-hybridized carbons (Fsp3) is 0.500. The summed E-state index contributed by atoms with van der Waals surface area (Å²) in [5, 5.41) is 8.71. The van der Waals surface area contributed by atoms with Crippen molar-refractivity contribution in [1.29, 1.82) is 0 Å². The first kappa shape index (κ1) is 12.9. The number of nitrogens with zero attached hydrogens (tertiary/aromatic N) is 1. The molecule has 0 atom stereocenters. The van der Waals surface area contributed by atoms with Crippen molar-refractivity contribution < 1.29 is 14.6 Å². The predicted octanol–water partition coefficient (Wildman–Crippen LogP) is 2.03. The predicted molar refractivity (Wildman–Crippen MR) is 68.0 cm³/mol. The lowest BCUT2D eigenvalue weighted by molar-refractivity contribution is 0.0453. The molecule has 98 valence electrons. The van der Waals surface area contributed by atoms with Crippen LogP contribution in [-0.2, 0) is 11.3 Å². The number of aliphatic hydroxyl groups is 1. The molecule has 1 N–H and O–H groups in total. The Hall–Kier alpha value is -1.55. The number of carbonyl (C=O) groups is 1. The molecule has 1 aromatic carbocycles. The molecule has 0 radical (unpaired) electrons. The van der Waals surface area contributed by atoms with Crippen LogP contribution in [0.3, 0.4) is 0 Å². The van der Waals surface area contributed by atoms with Gasteiger partial charge >= 0.3 is 6.09 Å². The Morgan fingerprint density at radius 3 is 2.72 bits per heavy atom. The summed E-state index contributed by atoms with van der Waals surface area (Å²) >= 11 is 0. The maximum absolute atomic E-state index is 11.7. The number of hydrogen-bond donors (Lipinski definition) is 1. The summed E-state index contributed by atoms with van der Waals surface area (Å²) in [5.41, 5.74) is 1.00. The Labute approximate surface area is 107 Å². The van der Waals surface area contributed by atoms with Crippen LogP contribution in [0, 0.1) is 5.92 Å². The minimum Gasteiger partial charge on any atom is -0.445 e. The molecule has 1 amide bonds. The van der Waals surface area contributed by atoms with Gasteiger partial charge in [0.1, 0.15) is 6.61 Å². The van der Waals surface area contributed by atoms with Crippen LogP contribution >= 0.6 is 0 Å². The van der Waals surface area contributed by atoms with Crippen molar-refractivity contribution in [2.45, 2.75) is 19.4 Å². The Morgan fingerprint density at radius 1 is 1.33 bits per heavy atom.